The maximum Gasteiger partial charge on any atom is 0.253 e. The molecule has 1 aromatic heterocycles. The zero-order valence-corrected chi connectivity index (χ0v) is 11.8. The maximum absolute atomic E-state index is 11.9. The van der Waals surface area contributed by atoms with Crippen molar-refractivity contribution in [3.63, 3.8) is 0 Å². The van der Waals surface area contributed by atoms with Gasteiger partial charge in [-0.3, -0.25) is 9.89 Å². The summed E-state index contributed by atoms with van der Waals surface area (Å²) in [6.07, 6.45) is 3.59. The largest absolute Gasteiger partial charge is 0.397 e. The molecular formula is C14H19N5O. The zero-order valence-electron chi connectivity index (χ0n) is 11.8. The first-order valence-corrected chi connectivity index (χ1v) is 6.35. The summed E-state index contributed by atoms with van der Waals surface area (Å²) in [6.45, 7) is 2.02. The molecule has 0 saturated heterocycles. The van der Waals surface area contributed by atoms with Crippen LogP contribution in [-0.4, -0.2) is 35.1 Å². The number of aromatic amines is 1. The van der Waals surface area contributed by atoms with Crippen LogP contribution in [0.3, 0.4) is 0 Å². The van der Waals surface area contributed by atoms with E-state index in [9.17, 15) is 4.79 Å². The third-order valence-corrected chi connectivity index (χ3v) is 3.10. The lowest BCUT2D eigenvalue weighted by molar-refractivity contribution is 0.0827. The molecule has 0 saturated carbocycles. The first-order valence-electron chi connectivity index (χ1n) is 6.35. The number of nitrogen functional groups attached to an aromatic ring is 1. The van der Waals surface area contributed by atoms with E-state index < -0.39 is 0 Å². The molecule has 1 heterocycles. The second-order valence-corrected chi connectivity index (χ2v) is 4.90. The van der Waals surface area contributed by atoms with Gasteiger partial charge >= 0.3 is 0 Å². The van der Waals surface area contributed by atoms with E-state index in [0.29, 0.717) is 11.3 Å². The molecule has 0 aliphatic heterocycles. The van der Waals surface area contributed by atoms with Crippen LogP contribution >= 0.6 is 0 Å². The minimum absolute atomic E-state index is 0.0638. The van der Waals surface area contributed by atoms with Gasteiger partial charge in [-0.15, -0.1) is 0 Å². The molecule has 1 atom stereocenters. The van der Waals surface area contributed by atoms with E-state index in [2.05, 4.69) is 15.5 Å². The Morgan fingerprint density at radius 3 is 2.75 bits per heavy atom. The third kappa shape index (κ3) is 2.90. The topological polar surface area (TPSA) is 87.0 Å². The van der Waals surface area contributed by atoms with Gasteiger partial charge in [0.1, 0.15) is 0 Å². The Morgan fingerprint density at radius 1 is 1.45 bits per heavy atom. The Kier molecular flexibility index (Phi) is 3.93. The number of hydrogen-bond acceptors (Lipinski definition) is 4. The average Bonchev–Trinajstić information content (AvgIpc) is 2.94. The van der Waals surface area contributed by atoms with Crippen LogP contribution in [0.25, 0.3) is 0 Å². The van der Waals surface area contributed by atoms with E-state index >= 15 is 0 Å². The molecule has 0 bridgehead atoms. The first kappa shape index (κ1) is 13.9. The summed E-state index contributed by atoms with van der Waals surface area (Å²) in [5, 5.41) is 9.99. The molecule has 0 radical (unpaired) electrons. The number of nitrogens with two attached hydrogens (primary N) is 1. The Labute approximate surface area is 118 Å². The number of hydrogen-bond donors (Lipinski definition) is 3. The number of amides is 1. The van der Waals surface area contributed by atoms with Gasteiger partial charge in [0.05, 0.1) is 23.6 Å². The fourth-order valence-electron chi connectivity index (χ4n) is 1.90. The summed E-state index contributed by atoms with van der Waals surface area (Å²) in [5.41, 5.74) is 8.97. The van der Waals surface area contributed by atoms with E-state index in [4.69, 9.17) is 5.73 Å². The monoisotopic (exact) mass is 273 g/mol. The molecule has 1 unspecified atom stereocenters. The average molecular weight is 273 g/mol. The Hall–Kier alpha value is -2.50. The third-order valence-electron chi connectivity index (χ3n) is 3.10. The predicted molar refractivity (Wildman–Crippen MR) is 79.5 cm³/mol. The van der Waals surface area contributed by atoms with E-state index in [1.54, 1.807) is 32.4 Å². The zero-order chi connectivity index (χ0) is 14.7. The Morgan fingerprint density at radius 2 is 2.20 bits per heavy atom. The minimum Gasteiger partial charge on any atom is -0.397 e. The summed E-state index contributed by atoms with van der Waals surface area (Å²) in [6, 6.07) is 5.35. The van der Waals surface area contributed by atoms with Crippen LogP contribution in [0, 0.1) is 0 Å². The summed E-state index contributed by atoms with van der Waals surface area (Å²) < 4.78 is 0. The standard InChI is InChI=1S/C14H19N5O/c1-9(11-7-16-17-8-11)18-13-5-4-10(6-12(13)15)14(20)19(2)3/h4-9,18H,15H2,1-3H3,(H,16,17). The highest BCUT2D eigenvalue weighted by Crippen LogP contribution is 2.25. The first-order chi connectivity index (χ1) is 9.49. The summed E-state index contributed by atoms with van der Waals surface area (Å²) >= 11 is 0. The van der Waals surface area contributed by atoms with Gasteiger partial charge in [-0.05, 0) is 25.1 Å². The van der Waals surface area contributed by atoms with Crippen molar-refractivity contribution in [1.82, 2.24) is 15.1 Å². The van der Waals surface area contributed by atoms with Crippen molar-refractivity contribution >= 4 is 17.3 Å². The Bertz CT molecular complexity index is 592. The fraction of sp³-hybridized carbons (Fsp3) is 0.286. The van der Waals surface area contributed by atoms with Gasteiger partial charge in [0.2, 0.25) is 0 Å². The second kappa shape index (κ2) is 5.64. The van der Waals surface area contributed by atoms with Crippen molar-refractivity contribution in [2.75, 3.05) is 25.1 Å². The number of rotatable bonds is 4. The molecule has 106 valence electrons. The normalized spacial score (nSPS) is 11.9. The highest BCUT2D eigenvalue weighted by molar-refractivity contribution is 5.95. The predicted octanol–water partition coefficient (Wildman–Crippen LogP) is 1.87. The quantitative estimate of drug-likeness (QED) is 0.742. The molecule has 2 rings (SSSR count). The number of nitrogens with one attached hydrogen (secondary N) is 2. The van der Waals surface area contributed by atoms with Crippen molar-refractivity contribution < 1.29 is 4.79 Å². The lowest BCUT2D eigenvalue weighted by Crippen LogP contribution is -2.21. The van der Waals surface area contributed by atoms with Gasteiger partial charge in [-0.25, -0.2) is 0 Å². The van der Waals surface area contributed by atoms with Crippen molar-refractivity contribution in [3.8, 4) is 0 Å². The maximum atomic E-state index is 11.9. The van der Waals surface area contributed by atoms with Crippen LogP contribution in [0.2, 0.25) is 0 Å². The van der Waals surface area contributed by atoms with E-state index in [1.165, 1.54) is 4.90 Å². The number of aromatic nitrogens is 2. The number of anilines is 2. The lowest BCUT2D eigenvalue weighted by Gasteiger charge is -2.17. The van der Waals surface area contributed by atoms with Gasteiger partial charge < -0.3 is 16.0 Å². The minimum atomic E-state index is -0.0638. The van der Waals surface area contributed by atoms with Crippen LogP contribution in [-0.2, 0) is 0 Å². The summed E-state index contributed by atoms with van der Waals surface area (Å²) in [5.74, 6) is -0.0638. The molecule has 0 aliphatic carbocycles. The molecule has 0 spiro atoms. The number of carbonyl (C=O) groups excluding carboxylic acids is 1. The van der Waals surface area contributed by atoms with Gasteiger partial charge in [-0.1, -0.05) is 0 Å². The van der Waals surface area contributed by atoms with Gasteiger partial charge in [0.25, 0.3) is 5.91 Å². The van der Waals surface area contributed by atoms with Crippen molar-refractivity contribution in [3.05, 3.63) is 41.7 Å². The fourth-order valence-corrected chi connectivity index (χ4v) is 1.90. The lowest BCUT2D eigenvalue weighted by atomic mass is 10.1. The van der Waals surface area contributed by atoms with Crippen LogP contribution in [0.1, 0.15) is 28.9 Å². The van der Waals surface area contributed by atoms with Gasteiger partial charge in [0.15, 0.2) is 0 Å². The molecular weight excluding hydrogens is 254 g/mol. The molecule has 6 nitrogen and oxygen atoms in total. The molecule has 1 aromatic carbocycles. The highest BCUT2D eigenvalue weighted by Gasteiger charge is 2.12. The molecule has 1 amide bonds. The van der Waals surface area contributed by atoms with Crippen LogP contribution in [0.15, 0.2) is 30.6 Å². The summed E-state index contributed by atoms with van der Waals surface area (Å²) in [7, 11) is 3.43. The molecule has 20 heavy (non-hydrogen) atoms. The summed E-state index contributed by atoms with van der Waals surface area (Å²) in [4.78, 5) is 13.4. The molecule has 4 N–H and O–H groups in total. The molecule has 0 aliphatic rings. The van der Waals surface area contributed by atoms with Gasteiger partial charge in [-0.2, -0.15) is 5.10 Å². The van der Waals surface area contributed by atoms with Crippen molar-refractivity contribution in [1.29, 1.82) is 0 Å². The second-order valence-electron chi connectivity index (χ2n) is 4.90. The van der Waals surface area contributed by atoms with E-state index in [-0.39, 0.29) is 11.9 Å². The van der Waals surface area contributed by atoms with Crippen LogP contribution in [0.4, 0.5) is 11.4 Å². The van der Waals surface area contributed by atoms with Crippen molar-refractivity contribution in [2.45, 2.75) is 13.0 Å². The number of H-pyrrole nitrogens is 1. The molecule has 0 fully saturated rings. The van der Waals surface area contributed by atoms with E-state index in [1.807, 2.05) is 19.2 Å². The van der Waals surface area contributed by atoms with Crippen LogP contribution < -0.4 is 11.1 Å². The smallest absolute Gasteiger partial charge is 0.253 e. The number of benzene rings is 1. The van der Waals surface area contributed by atoms with Crippen LogP contribution in [0.5, 0.6) is 0 Å². The van der Waals surface area contributed by atoms with Gasteiger partial charge in [0, 0.05) is 31.4 Å². The number of carbonyl (C=O) groups is 1. The van der Waals surface area contributed by atoms with E-state index in [0.717, 1.165) is 11.3 Å². The highest BCUT2D eigenvalue weighted by atomic mass is 16.2. The SMILES string of the molecule is CC(Nc1ccc(C(=O)N(C)C)cc1N)c1cn[nH]c1. The van der Waals surface area contributed by atoms with Crippen molar-refractivity contribution in [2.24, 2.45) is 0 Å². The Balaban J connectivity index is 2.16. The molecule has 2 aromatic rings. The molecule has 6 heteroatoms. The number of nitrogens with zero attached hydrogens (tertiary/aromatic N) is 2.